The Morgan fingerprint density at radius 1 is 1.20 bits per heavy atom. The zero-order chi connectivity index (χ0) is 15.3. The van der Waals surface area contributed by atoms with Crippen LogP contribution in [0.25, 0.3) is 0 Å². The van der Waals surface area contributed by atoms with Crippen molar-refractivity contribution < 1.29 is 14.9 Å². The molecule has 0 aliphatic heterocycles. The standard InChI is InChI=1S/C16H25ClO3/c1-5-20-16-12(6-7-15(19)11(4)18)8-13(17)9-14(16)10(2)3/h8-11,15,18-19H,5-7H2,1-4H3. The maximum Gasteiger partial charge on any atom is 0.126 e. The van der Waals surface area contributed by atoms with Gasteiger partial charge in [-0.2, -0.15) is 0 Å². The first-order valence-electron chi connectivity index (χ1n) is 7.18. The van der Waals surface area contributed by atoms with Crippen LogP contribution in [0.5, 0.6) is 5.75 Å². The highest BCUT2D eigenvalue weighted by Crippen LogP contribution is 2.34. The summed E-state index contributed by atoms with van der Waals surface area (Å²) in [5.74, 6) is 1.18. The van der Waals surface area contributed by atoms with Crippen molar-refractivity contribution in [2.45, 2.75) is 58.7 Å². The molecule has 2 unspecified atom stereocenters. The van der Waals surface area contributed by atoms with Gasteiger partial charge in [0.2, 0.25) is 0 Å². The Labute approximate surface area is 126 Å². The molecule has 2 atom stereocenters. The third-order valence-corrected chi connectivity index (χ3v) is 3.55. The fraction of sp³-hybridized carbons (Fsp3) is 0.625. The van der Waals surface area contributed by atoms with Crippen molar-refractivity contribution in [3.05, 3.63) is 28.3 Å². The Balaban J connectivity index is 3.03. The van der Waals surface area contributed by atoms with Gasteiger partial charge >= 0.3 is 0 Å². The summed E-state index contributed by atoms with van der Waals surface area (Å²) < 4.78 is 5.77. The highest BCUT2D eigenvalue weighted by Gasteiger charge is 2.17. The fourth-order valence-corrected chi connectivity index (χ4v) is 2.40. The minimum atomic E-state index is -0.731. The van der Waals surface area contributed by atoms with Gasteiger partial charge in [-0.15, -0.1) is 0 Å². The molecule has 0 heterocycles. The van der Waals surface area contributed by atoms with Gasteiger partial charge in [-0.3, -0.25) is 0 Å². The van der Waals surface area contributed by atoms with E-state index in [-0.39, 0.29) is 0 Å². The number of benzene rings is 1. The summed E-state index contributed by atoms with van der Waals surface area (Å²) in [6.45, 7) is 8.33. The second-order valence-electron chi connectivity index (χ2n) is 5.42. The monoisotopic (exact) mass is 300 g/mol. The lowest BCUT2D eigenvalue weighted by Crippen LogP contribution is -2.23. The van der Waals surface area contributed by atoms with Crippen LogP contribution in [0.3, 0.4) is 0 Å². The molecule has 114 valence electrons. The number of rotatable bonds is 7. The van der Waals surface area contributed by atoms with Crippen LogP contribution in [0.1, 0.15) is 51.2 Å². The summed E-state index contributed by atoms with van der Waals surface area (Å²) in [6, 6.07) is 3.82. The summed E-state index contributed by atoms with van der Waals surface area (Å²) in [7, 11) is 0. The predicted molar refractivity (Wildman–Crippen MR) is 82.7 cm³/mol. The second kappa shape index (κ2) is 7.87. The summed E-state index contributed by atoms with van der Waals surface area (Å²) in [6.07, 6.45) is -0.350. The van der Waals surface area contributed by atoms with Gasteiger partial charge in [-0.25, -0.2) is 0 Å². The predicted octanol–water partition coefficient (Wildman–Crippen LogP) is 3.54. The highest BCUT2D eigenvalue weighted by atomic mass is 35.5. The van der Waals surface area contributed by atoms with E-state index in [2.05, 4.69) is 13.8 Å². The highest BCUT2D eigenvalue weighted by molar-refractivity contribution is 6.30. The molecule has 0 saturated carbocycles. The van der Waals surface area contributed by atoms with Crippen LogP contribution in [0.15, 0.2) is 12.1 Å². The third kappa shape index (κ3) is 4.65. The van der Waals surface area contributed by atoms with E-state index in [0.717, 1.165) is 16.9 Å². The minimum absolute atomic E-state index is 0.315. The molecule has 0 radical (unpaired) electrons. The first kappa shape index (κ1) is 17.3. The molecule has 2 N–H and O–H groups in total. The minimum Gasteiger partial charge on any atom is -0.493 e. The molecule has 0 fully saturated rings. The second-order valence-corrected chi connectivity index (χ2v) is 5.85. The molecular formula is C16H25ClO3. The van der Waals surface area contributed by atoms with Crippen LogP contribution in [-0.2, 0) is 6.42 Å². The van der Waals surface area contributed by atoms with Crippen LogP contribution in [0.4, 0.5) is 0 Å². The lowest BCUT2D eigenvalue weighted by atomic mass is 9.95. The molecule has 0 aromatic heterocycles. The Morgan fingerprint density at radius 3 is 2.35 bits per heavy atom. The molecule has 0 aliphatic carbocycles. The largest absolute Gasteiger partial charge is 0.493 e. The van der Waals surface area contributed by atoms with E-state index in [1.165, 1.54) is 0 Å². The van der Waals surface area contributed by atoms with Crippen molar-refractivity contribution in [2.24, 2.45) is 0 Å². The van der Waals surface area contributed by atoms with E-state index in [1.54, 1.807) is 6.92 Å². The Morgan fingerprint density at radius 2 is 1.85 bits per heavy atom. The topological polar surface area (TPSA) is 49.7 Å². The van der Waals surface area contributed by atoms with Crippen LogP contribution >= 0.6 is 11.6 Å². The normalized spacial score (nSPS) is 14.4. The molecule has 20 heavy (non-hydrogen) atoms. The van der Waals surface area contributed by atoms with Crippen molar-refractivity contribution in [1.29, 1.82) is 0 Å². The van der Waals surface area contributed by atoms with Crippen molar-refractivity contribution in [2.75, 3.05) is 6.61 Å². The number of aliphatic hydroxyl groups excluding tert-OH is 2. The van der Waals surface area contributed by atoms with E-state index >= 15 is 0 Å². The maximum absolute atomic E-state index is 9.73. The summed E-state index contributed by atoms with van der Waals surface area (Å²) in [5.41, 5.74) is 2.07. The molecule has 0 aliphatic rings. The molecule has 4 heteroatoms. The molecule has 0 bridgehead atoms. The van der Waals surface area contributed by atoms with Gasteiger partial charge in [0.05, 0.1) is 18.8 Å². The zero-order valence-electron chi connectivity index (χ0n) is 12.7. The zero-order valence-corrected chi connectivity index (χ0v) is 13.4. The van der Waals surface area contributed by atoms with E-state index in [0.29, 0.717) is 30.4 Å². The first-order chi connectivity index (χ1) is 9.36. The lowest BCUT2D eigenvalue weighted by Gasteiger charge is -2.19. The Bertz CT molecular complexity index is 430. The third-order valence-electron chi connectivity index (χ3n) is 3.34. The quantitative estimate of drug-likeness (QED) is 0.810. The Kier molecular flexibility index (Phi) is 6.80. The van der Waals surface area contributed by atoms with E-state index < -0.39 is 12.2 Å². The van der Waals surface area contributed by atoms with E-state index in [9.17, 15) is 10.2 Å². The first-order valence-corrected chi connectivity index (χ1v) is 7.55. The van der Waals surface area contributed by atoms with Gasteiger partial charge < -0.3 is 14.9 Å². The van der Waals surface area contributed by atoms with Crippen LogP contribution in [0, 0.1) is 0 Å². The van der Waals surface area contributed by atoms with E-state index in [1.807, 2.05) is 19.1 Å². The fourth-order valence-electron chi connectivity index (χ4n) is 2.15. The average Bonchev–Trinajstić information content (AvgIpc) is 2.37. The van der Waals surface area contributed by atoms with Crippen molar-refractivity contribution in [3.8, 4) is 5.75 Å². The molecule has 1 rings (SSSR count). The van der Waals surface area contributed by atoms with Gasteiger partial charge in [0, 0.05) is 5.02 Å². The van der Waals surface area contributed by atoms with Crippen molar-refractivity contribution >= 4 is 11.6 Å². The molecule has 1 aromatic rings. The van der Waals surface area contributed by atoms with Crippen molar-refractivity contribution in [3.63, 3.8) is 0 Å². The number of ether oxygens (including phenoxy) is 1. The van der Waals surface area contributed by atoms with Gasteiger partial charge in [0.15, 0.2) is 0 Å². The smallest absolute Gasteiger partial charge is 0.126 e. The SMILES string of the molecule is CCOc1c(CCC(O)C(C)O)cc(Cl)cc1C(C)C. The Hall–Kier alpha value is -0.770. The van der Waals surface area contributed by atoms with Crippen LogP contribution in [-0.4, -0.2) is 29.0 Å². The number of halogens is 1. The maximum atomic E-state index is 9.73. The lowest BCUT2D eigenvalue weighted by molar-refractivity contribution is 0.0264. The number of hydrogen-bond donors (Lipinski definition) is 2. The van der Waals surface area contributed by atoms with Gasteiger partial charge in [0.1, 0.15) is 5.75 Å². The number of hydrogen-bond acceptors (Lipinski definition) is 3. The van der Waals surface area contributed by atoms with Crippen LogP contribution < -0.4 is 4.74 Å². The van der Waals surface area contributed by atoms with E-state index in [4.69, 9.17) is 16.3 Å². The summed E-state index contributed by atoms with van der Waals surface area (Å²) >= 11 is 6.18. The summed E-state index contributed by atoms with van der Waals surface area (Å²) in [5, 5.41) is 19.8. The van der Waals surface area contributed by atoms with Gasteiger partial charge in [-0.1, -0.05) is 25.4 Å². The molecule has 0 spiro atoms. The molecule has 0 saturated heterocycles. The number of aliphatic hydroxyl groups is 2. The molecule has 1 aromatic carbocycles. The summed E-state index contributed by atoms with van der Waals surface area (Å²) in [4.78, 5) is 0. The number of aryl methyl sites for hydroxylation is 1. The average molecular weight is 301 g/mol. The van der Waals surface area contributed by atoms with Crippen molar-refractivity contribution in [1.82, 2.24) is 0 Å². The molecule has 0 amide bonds. The van der Waals surface area contributed by atoms with Gasteiger partial charge in [0.25, 0.3) is 0 Å². The van der Waals surface area contributed by atoms with Gasteiger partial charge in [-0.05, 0) is 55.9 Å². The molecular weight excluding hydrogens is 276 g/mol. The van der Waals surface area contributed by atoms with Crippen LogP contribution in [0.2, 0.25) is 5.02 Å². The molecule has 3 nitrogen and oxygen atoms in total.